The SMILES string of the molecule is CC(C)C(=O)NCCCOC(C)(C)CCOC(C)(C)C. The maximum atomic E-state index is 11.4. The topological polar surface area (TPSA) is 47.6 Å². The molecule has 0 aromatic rings. The Morgan fingerprint density at radius 1 is 1.05 bits per heavy atom. The molecule has 0 aliphatic heterocycles. The van der Waals surface area contributed by atoms with E-state index in [1.165, 1.54) is 0 Å². The van der Waals surface area contributed by atoms with Crippen LogP contribution in [0.15, 0.2) is 0 Å². The van der Waals surface area contributed by atoms with Gasteiger partial charge in [-0.15, -0.1) is 0 Å². The third kappa shape index (κ3) is 11.2. The molecule has 1 amide bonds. The van der Waals surface area contributed by atoms with E-state index in [4.69, 9.17) is 9.47 Å². The normalized spacial score (nSPS) is 12.8. The molecule has 0 rings (SSSR count). The summed E-state index contributed by atoms with van der Waals surface area (Å²) in [4.78, 5) is 11.4. The van der Waals surface area contributed by atoms with E-state index in [1.807, 2.05) is 13.8 Å². The molecule has 0 radical (unpaired) electrons. The van der Waals surface area contributed by atoms with Crippen molar-refractivity contribution in [3.8, 4) is 0 Å². The Hall–Kier alpha value is -0.610. The van der Waals surface area contributed by atoms with Gasteiger partial charge < -0.3 is 14.8 Å². The first-order valence-corrected chi connectivity index (χ1v) is 7.59. The highest BCUT2D eigenvalue weighted by molar-refractivity contribution is 5.77. The summed E-state index contributed by atoms with van der Waals surface area (Å²) in [6.07, 6.45) is 1.70. The highest BCUT2D eigenvalue weighted by atomic mass is 16.5. The van der Waals surface area contributed by atoms with Crippen molar-refractivity contribution < 1.29 is 14.3 Å². The third-order valence-corrected chi connectivity index (χ3v) is 2.88. The number of carbonyl (C=O) groups excluding carboxylic acids is 1. The zero-order chi connectivity index (χ0) is 15.8. The fourth-order valence-electron chi connectivity index (χ4n) is 1.51. The van der Waals surface area contributed by atoms with Gasteiger partial charge in [0.2, 0.25) is 5.91 Å². The summed E-state index contributed by atoms with van der Waals surface area (Å²) < 4.78 is 11.6. The number of hydrogen-bond acceptors (Lipinski definition) is 3. The lowest BCUT2D eigenvalue weighted by Gasteiger charge is -2.28. The zero-order valence-corrected chi connectivity index (χ0v) is 14.3. The van der Waals surface area contributed by atoms with E-state index in [9.17, 15) is 4.79 Å². The van der Waals surface area contributed by atoms with Gasteiger partial charge in [0.15, 0.2) is 0 Å². The van der Waals surface area contributed by atoms with Crippen molar-refractivity contribution in [2.45, 2.75) is 72.5 Å². The zero-order valence-electron chi connectivity index (χ0n) is 14.3. The van der Waals surface area contributed by atoms with Gasteiger partial charge in [0, 0.05) is 25.7 Å². The van der Waals surface area contributed by atoms with Crippen LogP contribution in [-0.4, -0.2) is 36.9 Å². The minimum absolute atomic E-state index is 0.0434. The standard InChI is InChI=1S/C16H33NO3/c1-13(2)14(18)17-10-8-11-20-16(6,7)9-12-19-15(3,4)5/h13H,8-12H2,1-7H3,(H,17,18). The molecule has 0 fully saturated rings. The van der Waals surface area contributed by atoms with Crippen LogP contribution in [0.3, 0.4) is 0 Å². The van der Waals surface area contributed by atoms with Gasteiger partial charge in [0.25, 0.3) is 0 Å². The number of ether oxygens (including phenoxy) is 2. The van der Waals surface area contributed by atoms with Gasteiger partial charge in [-0.1, -0.05) is 13.8 Å². The Kier molecular flexibility index (Phi) is 8.36. The van der Waals surface area contributed by atoms with E-state index in [0.717, 1.165) is 12.8 Å². The smallest absolute Gasteiger partial charge is 0.222 e. The number of carbonyl (C=O) groups is 1. The van der Waals surface area contributed by atoms with Crippen LogP contribution in [-0.2, 0) is 14.3 Å². The molecule has 4 nitrogen and oxygen atoms in total. The van der Waals surface area contributed by atoms with Crippen LogP contribution in [0.1, 0.15) is 61.3 Å². The van der Waals surface area contributed by atoms with E-state index in [0.29, 0.717) is 19.8 Å². The van der Waals surface area contributed by atoms with Gasteiger partial charge in [-0.2, -0.15) is 0 Å². The number of nitrogens with one attached hydrogen (secondary N) is 1. The Balaban J connectivity index is 3.69. The molecule has 120 valence electrons. The molecule has 0 aromatic heterocycles. The van der Waals surface area contributed by atoms with E-state index >= 15 is 0 Å². The summed E-state index contributed by atoms with van der Waals surface area (Å²) >= 11 is 0. The highest BCUT2D eigenvalue weighted by Gasteiger charge is 2.20. The molecule has 0 heterocycles. The predicted octanol–water partition coefficient (Wildman–Crippen LogP) is 3.15. The molecular formula is C16H33NO3. The van der Waals surface area contributed by atoms with Crippen LogP contribution in [0.5, 0.6) is 0 Å². The van der Waals surface area contributed by atoms with Crippen LogP contribution in [0, 0.1) is 5.92 Å². The summed E-state index contributed by atoms with van der Waals surface area (Å²) in [6, 6.07) is 0. The van der Waals surface area contributed by atoms with Crippen LogP contribution >= 0.6 is 0 Å². The molecule has 0 bridgehead atoms. The molecule has 0 aliphatic carbocycles. The van der Waals surface area contributed by atoms with Crippen molar-refractivity contribution >= 4 is 5.91 Å². The lowest BCUT2D eigenvalue weighted by atomic mass is 10.1. The minimum Gasteiger partial charge on any atom is -0.376 e. The molecule has 0 aliphatic rings. The quantitative estimate of drug-likeness (QED) is 0.663. The van der Waals surface area contributed by atoms with Crippen LogP contribution in [0.2, 0.25) is 0 Å². The van der Waals surface area contributed by atoms with Crippen LogP contribution in [0.4, 0.5) is 0 Å². The maximum Gasteiger partial charge on any atom is 0.222 e. The van der Waals surface area contributed by atoms with Crippen LogP contribution < -0.4 is 5.32 Å². The average Bonchev–Trinajstić information content (AvgIpc) is 2.25. The van der Waals surface area contributed by atoms with E-state index in [1.54, 1.807) is 0 Å². The Morgan fingerprint density at radius 2 is 1.65 bits per heavy atom. The van der Waals surface area contributed by atoms with Gasteiger partial charge in [-0.3, -0.25) is 4.79 Å². The molecular weight excluding hydrogens is 254 g/mol. The average molecular weight is 287 g/mol. The molecule has 0 spiro atoms. The lowest BCUT2D eigenvalue weighted by Crippen LogP contribution is -2.32. The fraction of sp³-hybridized carbons (Fsp3) is 0.938. The molecule has 0 saturated heterocycles. The summed E-state index contributed by atoms with van der Waals surface area (Å²) in [5.41, 5.74) is -0.287. The van der Waals surface area contributed by atoms with Gasteiger partial charge in [-0.05, 0) is 47.5 Å². The molecule has 4 heteroatoms. The van der Waals surface area contributed by atoms with Crippen molar-refractivity contribution in [3.63, 3.8) is 0 Å². The third-order valence-electron chi connectivity index (χ3n) is 2.88. The van der Waals surface area contributed by atoms with Crippen molar-refractivity contribution in [2.75, 3.05) is 19.8 Å². The second kappa shape index (κ2) is 8.63. The van der Waals surface area contributed by atoms with Gasteiger partial charge in [0.1, 0.15) is 0 Å². The minimum atomic E-state index is -0.187. The molecule has 0 unspecified atom stereocenters. The molecule has 0 saturated carbocycles. The first-order valence-electron chi connectivity index (χ1n) is 7.59. The lowest BCUT2D eigenvalue weighted by molar-refractivity contribution is -0.124. The fourth-order valence-corrected chi connectivity index (χ4v) is 1.51. The molecule has 0 aromatic carbocycles. The summed E-state index contributed by atoms with van der Waals surface area (Å²) in [7, 11) is 0. The molecule has 0 atom stereocenters. The van der Waals surface area contributed by atoms with E-state index in [-0.39, 0.29) is 23.0 Å². The molecule has 1 N–H and O–H groups in total. The summed E-state index contributed by atoms with van der Waals surface area (Å²) in [6.45, 7) is 16.1. The van der Waals surface area contributed by atoms with Crippen LogP contribution in [0.25, 0.3) is 0 Å². The monoisotopic (exact) mass is 287 g/mol. The van der Waals surface area contributed by atoms with Gasteiger partial charge in [-0.25, -0.2) is 0 Å². The first kappa shape index (κ1) is 19.4. The Bertz CT molecular complexity index is 280. The number of hydrogen-bond donors (Lipinski definition) is 1. The van der Waals surface area contributed by atoms with Crippen molar-refractivity contribution in [1.82, 2.24) is 5.32 Å². The number of rotatable bonds is 9. The Labute approximate surface area is 124 Å². The van der Waals surface area contributed by atoms with Crippen molar-refractivity contribution in [3.05, 3.63) is 0 Å². The van der Waals surface area contributed by atoms with Gasteiger partial charge in [0.05, 0.1) is 11.2 Å². The van der Waals surface area contributed by atoms with Crippen molar-refractivity contribution in [1.29, 1.82) is 0 Å². The highest BCUT2D eigenvalue weighted by Crippen LogP contribution is 2.17. The predicted molar refractivity (Wildman–Crippen MR) is 82.8 cm³/mol. The molecule has 20 heavy (non-hydrogen) atoms. The second-order valence-corrected chi connectivity index (χ2v) is 7.12. The summed E-state index contributed by atoms with van der Waals surface area (Å²) in [5.74, 6) is 0.143. The summed E-state index contributed by atoms with van der Waals surface area (Å²) in [5, 5.41) is 2.89. The Morgan fingerprint density at radius 3 is 2.15 bits per heavy atom. The maximum absolute atomic E-state index is 11.4. The van der Waals surface area contributed by atoms with E-state index < -0.39 is 0 Å². The van der Waals surface area contributed by atoms with E-state index in [2.05, 4.69) is 39.9 Å². The van der Waals surface area contributed by atoms with Crippen molar-refractivity contribution in [2.24, 2.45) is 5.92 Å². The van der Waals surface area contributed by atoms with Gasteiger partial charge >= 0.3 is 0 Å². The number of amides is 1. The first-order chi connectivity index (χ1) is 9.03. The largest absolute Gasteiger partial charge is 0.376 e. The second-order valence-electron chi connectivity index (χ2n) is 7.12.